The fourth-order valence-corrected chi connectivity index (χ4v) is 13.4. The summed E-state index contributed by atoms with van der Waals surface area (Å²) in [5.74, 6) is -2.36. The number of piperidine rings is 2. The molecule has 0 aromatic rings. The predicted octanol–water partition coefficient (Wildman–Crippen LogP) is -0.738. The van der Waals surface area contributed by atoms with Crippen LogP contribution in [0, 0.1) is 59.2 Å². The Balaban J connectivity index is 1.38. The van der Waals surface area contributed by atoms with Gasteiger partial charge in [-0.2, -0.15) is 0 Å². The molecule has 58 heavy (non-hydrogen) atoms. The molecular weight excluding hydrogens is 743 g/mol. The number of ketones is 1. The van der Waals surface area contributed by atoms with Gasteiger partial charge in [0.2, 0.25) is 0 Å². The number of ether oxygens (including phenoxy) is 3. The van der Waals surface area contributed by atoms with Crippen LogP contribution in [0.4, 0.5) is 0 Å². The summed E-state index contributed by atoms with van der Waals surface area (Å²) in [5.41, 5.74) is 13.1. The summed E-state index contributed by atoms with van der Waals surface area (Å²) in [6.45, 7) is 5.92. The number of rotatable bonds is 11. The molecule has 13 N–H and O–H groups in total. The van der Waals surface area contributed by atoms with Gasteiger partial charge in [-0.1, -0.05) is 12.5 Å². The third-order valence-electron chi connectivity index (χ3n) is 16.5. The van der Waals surface area contributed by atoms with Gasteiger partial charge in [0.1, 0.15) is 23.7 Å². The van der Waals surface area contributed by atoms with Crippen LogP contribution in [0.2, 0.25) is 0 Å². The molecule has 5 aliphatic heterocycles. The van der Waals surface area contributed by atoms with Gasteiger partial charge in [0.25, 0.3) is 0 Å². The van der Waals surface area contributed by atoms with Crippen molar-refractivity contribution in [2.45, 2.75) is 152 Å². The number of hydrogen-bond donors (Lipinski definition) is 9. The van der Waals surface area contributed by atoms with E-state index < -0.39 is 60.0 Å². The molecule has 0 radical (unpaired) electrons. The van der Waals surface area contributed by atoms with Gasteiger partial charge in [0.05, 0.1) is 69.3 Å². The van der Waals surface area contributed by atoms with E-state index >= 15 is 0 Å². The monoisotopic (exact) mass is 820 g/mol. The lowest BCUT2D eigenvalue weighted by Gasteiger charge is -2.63. The minimum atomic E-state index is -1.12. The highest BCUT2D eigenvalue weighted by molar-refractivity contribution is 5.88. The zero-order chi connectivity index (χ0) is 41.3. The molecule has 330 valence electrons. The molecule has 7 rings (SSSR count). The summed E-state index contributed by atoms with van der Waals surface area (Å²) in [6, 6.07) is 0. The van der Waals surface area contributed by atoms with Crippen molar-refractivity contribution in [3.63, 3.8) is 0 Å². The lowest BCUT2D eigenvalue weighted by molar-refractivity contribution is -0.703. The predicted molar refractivity (Wildman–Crippen MR) is 215 cm³/mol. The van der Waals surface area contributed by atoms with E-state index in [1.807, 2.05) is 25.4 Å². The SMILES string of the molecule is CC=C(CC[NH2+]C)C(=O)O[C@H]1CC2C(O)C3C(=O)CC(CO)OC3C3C2O[C@@]1(C)[C@H](CC1CCC(N)[NH2+]C1)CCC1C(N)NCCC1[C@@H]3[C@H](CO)C1CCCC(O)C1. The van der Waals surface area contributed by atoms with Crippen molar-refractivity contribution in [3.05, 3.63) is 11.6 Å². The van der Waals surface area contributed by atoms with E-state index in [1.165, 1.54) is 0 Å². The van der Waals surface area contributed by atoms with Crippen LogP contribution < -0.4 is 27.4 Å². The number of quaternary nitrogens is 2. The highest BCUT2D eigenvalue weighted by Gasteiger charge is 2.66. The summed E-state index contributed by atoms with van der Waals surface area (Å²) >= 11 is 0. The Kier molecular flexibility index (Phi) is 14.8. The standard InChI is InChI=1S/C44H75N5O9/c1-4-24(12-14-47-3)43(55)57-34-19-31-39(54)37-33(53)18-28(21-50)56-41(37)38-36(32(22-51)25-6-5-7-27(52)17-25)29-13-15-48-42(46)30(29)10-9-26(44(34,2)58-40(31)38)16-23-8-11-35(45)49-20-23/h4,23,25-32,34-42,47-52,54H,5-22,45-46H2,1-3H3/p+2/t23?,25?,26-,27?,28?,29?,30?,31?,32+,34-,35?,36+,37?,38?,39?,40?,41?,42?,44-/m0/s1. The molecule has 0 aromatic carbocycles. The highest BCUT2D eigenvalue weighted by Crippen LogP contribution is 2.59. The van der Waals surface area contributed by atoms with Crippen molar-refractivity contribution in [2.75, 3.05) is 39.9 Å². The third-order valence-corrected chi connectivity index (χ3v) is 16.5. The first-order valence-corrected chi connectivity index (χ1v) is 23.1. The number of esters is 1. The van der Waals surface area contributed by atoms with Crippen molar-refractivity contribution < 1.29 is 54.9 Å². The van der Waals surface area contributed by atoms with Gasteiger partial charge >= 0.3 is 5.97 Å². The number of hydrogen-bond acceptors (Lipinski definition) is 12. The van der Waals surface area contributed by atoms with Gasteiger partial charge in [-0.15, -0.1) is 0 Å². The molecule has 14 unspecified atom stereocenters. The van der Waals surface area contributed by atoms with Crippen LogP contribution in [0.3, 0.4) is 0 Å². The van der Waals surface area contributed by atoms with Crippen LogP contribution in [-0.4, -0.2) is 127 Å². The maximum Gasteiger partial charge on any atom is 0.334 e. The number of Topliss-reactive ketones (excluding diaryl/α,β-unsaturated/α-hetero) is 1. The Morgan fingerprint density at radius 3 is 2.57 bits per heavy atom. The zero-order valence-electron chi connectivity index (χ0n) is 35.3. The first kappa shape index (κ1) is 44.5. The number of nitrogens with one attached hydrogen (secondary N) is 1. The van der Waals surface area contributed by atoms with E-state index in [0.29, 0.717) is 37.3 Å². The van der Waals surface area contributed by atoms with Gasteiger partial charge in [0.15, 0.2) is 0 Å². The summed E-state index contributed by atoms with van der Waals surface area (Å²) < 4.78 is 21.2. The fraction of sp³-hybridized carbons (Fsp3) is 0.909. The van der Waals surface area contributed by atoms with Crippen LogP contribution in [0.1, 0.15) is 97.3 Å². The van der Waals surface area contributed by atoms with Crippen molar-refractivity contribution in [1.82, 2.24) is 5.32 Å². The Morgan fingerprint density at radius 2 is 1.88 bits per heavy atom. The molecule has 14 heteroatoms. The Labute approximate surface area is 345 Å². The van der Waals surface area contributed by atoms with E-state index in [4.69, 9.17) is 25.7 Å². The summed E-state index contributed by atoms with van der Waals surface area (Å²) in [4.78, 5) is 28.5. The summed E-state index contributed by atoms with van der Waals surface area (Å²) in [6.07, 6.45) is 6.42. The van der Waals surface area contributed by atoms with Crippen molar-refractivity contribution in [3.8, 4) is 0 Å². The van der Waals surface area contributed by atoms with Crippen LogP contribution >= 0.6 is 0 Å². The van der Waals surface area contributed by atoms with E-state index in [2.05, 4.69) is 17.6 Å². The Hall–Kier alpha value is -1.56. The van der Waals surface area contributed by atoms with Crippen LogP contribution in [0.5, 0.6) is 0 Å². The van der Waals surface area contributed by atoms with Crippen molar-refractivity contribution >= 4 is 11.8 Å². The number of aliphatic hydroxyl groups excluding tert-OH is 4. The molecule has 14 nitrogen and oxygen atoms in total. The molecule has 5 heterocycles. The quantitative estimate of drug-likeness (QED) is 0.0926. The molecular formula is C44H77N5O9+2. The maximum absolute atomic E-state index is 14.3. The van der Waals surface area contributed by atoms with E-state index in [1.54, 1.807) is 0 Å². The molecule has 7 fully saturated rings. The molecule has 19 atom stereocenters. The smallest absolute Gasteiger partial charge is 0.334 e. The molecule has 7 aliphatic rings. The van der Waals surface area contributed by atoms with Gasteiger partial charge in [-0.25, -0.2) is 4.79 Å². The normalized spacial score (nSPS) is 46.7. The highest BCUT2D eigenvalue weighted by atomic mass is 16.6. The Bertz CT molecular complexity index is 1430. The number of carbonyl (C=O) groups excluding carboxylic acids is 2. The van der Waals surface area contributed by atoms with E-state index in [9.17, 15) is 30.0 Å². The minimum Gasteiger partial charge on any atom is -0.456 e. The molecule has 5 saturated heterocycles. The molecule has 0 aromatic heterocycles. The van der Waals surface area contributed by atoms with Crippen molar-refractivity contribution in [1.29, 1.82) is 0 Å². The largest absolute Gasteiger partial charge is 0.456 e. The average molecular weight is 820 g/mol. The van der Waals surface area contributed by atoms with Crippen LogP contribution in [-0.2, 0) is 23.8 Å². The topological polar surface area (TPSA) is 240 Å². The second-order valence-electron chi connectivity index (χ2n) is 19.7. The van der Waals surface area contributed by atoms with Gasteiger partial charge in [-0.05, 0) is 114 Å². The molecule has 0 amide bonds. The summed E-state index contributed by atoms with van der Waals surface area (Å²) in [7, 11) is 1.98. The second-order valence-corrected chi connectivity index (χ2v) is 19.7. The molecule has 2 bridgehead atoms. The average Bonchev–Trinajstić information content (AvgIpc) is 3.20. The first-order chi connectivity index (χ1) is 27.9. The molecule has 0 spiro atoms. The van der Waals surface area contributed by atoms with Crippen LogP contribution in [0.25, 0.3) is 0 Å². The number of aliphatic hydroxyl groups is 4. The van der Waals surface area contributed by atoms with Gasteiger partial charge in [-0.3, -0.25) is 10.5 Å². The summed E-state index contributed by atoms with van der Waals surface area (Å²) in [5, 5.41) is 53.5. The minimum absolute atomic E-state index is 0.00280. The van der Waals surface area contributed by atoms with E-state index in [-0.39, 0.29) is 79.2 Å². The van der Waals surface area contributed by atoms with Gasteiger partial charge in [0, 0.05) is 49.2 Å². The van der Waals surface area contributed by atoms with Crippen LogP contribution in [0.15, 0.2) is 11.6 Å². The fourth-order valence-electron chi connectivity index (χ4n) is 13.4. The second kappa shape index (κ2) is 19.2. The Morgan fingerprint density at radius 1 is 1.07 bits per heavy atom. The number of fused-ring (bicyclic) bond motifs is 4. The molecule has 2 saturated carbocycles. The van der Waals surface area contributed by atoms with E-state index in [0.717, 1.165) is 70.9 Å². The third kappa shape index (κ3) is 8.86. The molecule has 2 aliphatic carbocycles. The zero-order valence-corrected chi connectivity index (χ0v) is 35.3. The number of allylic oxidation sites excluding steroid dienone is 1. The van der Waals surface area contributed by atoms with Gasteiger partial charge < -0.3 is 56.3 Å². The van der Waals surface area contributed by atoms with Crippen molar-refractivity contribution in [2.24, 2.45) is 70.6 Å². The number of carbonyl (C=O) groups is 2. The lowest BCUT2D eigenvalue weighted by atomic mass is 9.51. The maximum atomic E-state index is 14.3. The lowest BCUT2D eigenvalue weighted by Crippen LogP contribution is -2.95. The number of nitrogens with two attached hydrogens (primary N) is 4. The first-order valence-electron chi connectivity index (χ1n) is 23.1.